The van der Waals surface area contributed by atoms with Gasteiger partial charge in [0.05, 0.1) is 20.3 Å². The first-order valence-electron chi connectivity index (χ1n) is 20.6. The zero-order valence-electron chi connectivity index (χ0n) is 35.6. The second-order valence-electron chi connectivity index (χ2n) is 15.9. The van der Waals surface area contributed by atoms with Crippen molar-refractivity contribution in [3.05, 3.63) is 119 Å². The van der Waals surface area contributed by atoms with Crippen LogP contribution in [0.5, 0.6) is 23.0 Å². The molecule has 4 aromatic rings. The summed E-state index contributed by atoms with van der Waals surface area (Å²) in [4.78, 5) is 9.72. The molecule has 0 saturated carbocycles. The lowest BCUT2D eigenvalue weighted by molar-refractivity contribution is 0.0816. The van der Waals surface area contributed by atoms with E-state index < -0.39 is 49.0 Å². The highest BCUT2D eigenvalue weighted by atomic mass is 32.2. The number of likely N-dealkylation sites (N-methyl/N-ethyl adjacent to an activating group) is 2. The van der Waals surface area contributed by atoms with E-state index in [1.807, 2.05) is 74.8 Å². The van der Waals surface area contributed by atoms with Gasteiger partial charge in [-0.15, -0.1) is 9.66 Å². The van der Waals surface area contributed by atoms with Gasteiger partial charge in [0, 0.05) is 64.4 Å². The second-order valence-corrected chi connectivity index (χ2v) is 19.4. The Morgan fingerprint density at radius 1 is 0.565 bits per heavy atom. The van der Waals surface area contributed by atoms with Crippen LogP contribution in [0.1, 0.15) is 33.0 Å². The summed E-state index contributed by atoms with van der Waals surface area (Å²) >= 11 is 0. The number of benzene rings is 4. The highest BCUT2D eigenvalue weighted by molar-refractivity contribution is 7.89. The fraction of sp³-hybridized carbons (Fsp3) is 0.442. The Balaban J connectivity index is 1.44. The molecule has 338 valence electrons. The molecule has 4 unspecified atom stereocenters. The molecule has 2 aliphatic heterocycles. The van der Waals surface area contributed by atoms with Gasteiger partial charge in [0.15, 0.2) is 33.7 Å². The number of hydrogen-bond donors (Lipinski definition) is 7. The summed E-state index contributed by atoms with van der Waals surface area (Å²) in [7, 11) is -2.00. The molecule has 2 fully saturated rings. The highest BCUT2D eigenvalue weighted by Gasteiger charge is 2.40. The fourth-order valence-electron chi connectivity index (χ4n) is 7.67. The van der Waals surface area contributed by atoms with Crippen LogP contribution in [0.3, 0.4) is 0 Å². The molecule has 0 radical (unpaired) electrons. The van der Waals surface area contributed by atoms with E-state index in [9.17, 15) is 32.2 Å². The number of phenolic OH excluding ortho intramolecular Hbond substituents is 2. The Labute approximate surface area is 365 Å². The molecule has 4 atom stereocenters. The Morgan fingerprint density at radius 3 is 1.26 bits per heavy atom. The summed E-state index contributed by atoms with van der Waals surface area (Å²) in [5, 5.41) is 40.8. The zero-order chi connectivity index (χ0) is 44.4. The average molecular weight is 897 g/mol. The molecule has 0 bridgehead atoms. The maximum absolute atomic E-state index is 14.7. The van der Waals surface area contributed by atoms with Gasteiger partial charge in [-0.1, -0.05) is 72.8 Å². The number of rotatable bonds is 20. The highest BCUT2D eigenvalue weighted by Crippen LogP contribution is 2.34. The molecule has 2 aliphatic rings. The van der Waals surface area contributed by atoms with E-state index >= 15 is 0 Å². The number of sulfonamides is 2. The van der Waals surface area contributed by atoms with Crippen LogP contribution in [0.2, 0.25) is 0 Å². The largest absolute Gasteiger partial charge is 0.504 e. The minimum absolute atomic E-state index is 0.0538. The Kier molecular flexibility index (Phi) is 16.2. The molecule has 7 N–H and O–H groups in total. The van der Waals surface area contributed by atoms with Crippen molar-refractivity contribution < 1.29 is 41.6 Å². The molecule has 62 heavy (non-hydrogen) atoms. The first kappa shape index (κ1) is 47.1. The van der Waals surface area contributed by atoms with E-state index in [0.29, 0.717) is 52.4 Å². The normalized spacial score (nSPS) is 18.7. The molecule has 17 nitrogen and oxygen atoms in total. The van der Waals surface area contributed by atoms with Crippen LogP contribution in [0.4, 0.5) is 0 Å². The predicted octanol–water partition coefficient (Wildman–Crippen LogP) is 1.74. The summed E-state index contributed by atoms with van der Waals surface area (Å²) < 4.78 is 69.5. The van der Waals surface area contributed by atoms with Gasteiger partial charge in [-0.3, -0.25) is 10.6 Å². The van der Waals surface area contributed by atoms with E-state index in [2.05, 4.69) is 30.1 Å². The van der Waals surface area contributed by atoms with Crippen molar-refractivity contribution in [3.8, 4) is 23.0 Å². The number of nitrogens with zero attached hydrogens (tertiary/aromatic N) is 4. The second kappa shape index (κ2) is 21.3. The zero-order valence-corrected chi connectivity index (χ0v) is 37.2. The van der Waals surface area contributed by atoms with Gasteiger partial charge >= 0.3 is 0 Å². The molecule has 6 rings (SSSR count). The number of nitrogens with one attached hydrogen (secondary N) is 4. The number of ether oxygens (including phenoxy) is 2. The fourth-order valence-corrected chi connectivity index (χ4v) is 10.7. The van der Waals surface area contributed by atoms with Crippen LogP contribution in [0.15, 0.2) is 97.1 Å². The van der Waals surface area contributed by atoms with Crippen molar-refractivity contribution in [3.63, 3.8) is 0 Å². The Hall–Kier alpha value is -4.38. The first-order valence-corrected chi connectivity index (χ1v) is 23.7. The number of aliphatic hydroxyl groups is 1. The number of piperazine rings is 2. The number of hydrazine groups is 2. The number of aliphatic hydroxyl groups excluding tert-OH is 1. The standard InChI is InChI=1S/C43H60N8O9S2/c1-48-19-23-50(24-20-48)46-61(55,56)42(33-15-17-37(52)39(29-33)59-3)44-35(27-31-11-7-5-8-12-31)41(54)36(28-32-13-9-6-10-14-32)45-43(34-16-18-38(53)40(30-34)60-4)62(57,58)47-51-25-21-49(2)22-26-51/h5-18,29-30,35-36,41-47,52-54H,19-28H2,1-4H3. The molecule has 4 aromatic carbocycles. The van der Waals surface area contributed by atoms with Gasteiger partial charge in [-0.05, 0) is 73.5 Å². The van der Waals surface area contributed by atoms with Crippen molar-refractivity contribution in [1.29, 1.82) is 0 Å². The summed E-state index contributed by atoms with van der Waals surface area (Å²) in [6.07, 6.45) is -1.22. The topological polar surface area (TPSA) is 209 Å². The number of methoxy groups -OCH3 is 2. The molecule has 2 heterocycles. The van der Waals surface area contributed by atoms with Crippen LogP contribution in [-0.4, -0.2) is 151 Å². The quantitative estimate of drug-likeness (QED) is 0.0675. The number of phenols is 2. The maximum Gasteiger partial charge on any atom is 0.244 e. The average Bonchev–Trinajstić information content (AvgIpc) is 3.26. The maximum atomic E-state index is 14.7. The van der Waals surface area contributed by atoms with E-state index in [0.717, 1.165) is 11.1 Å². The molecule has 0 aromatic heterocycles. The van der Waals surface area contributed by atoms with Crippen molar-refractivity contribution in [2.75, 3.05) is 80.7 Å². The van der Waals surface area contributed by atoms with Crippen LogP contribution in [0, 0.1) is 0 Å². The van der Waals surface area contributed by atoms with Crippen molar-refractivity contribution in [2.45, 2.75) is 41.8 Å². The molecule has 19 heteroatoms. The third-order valence-corrected chi connectivity index (χ3v) is 14.4. The predicted molar refractivity (Wildman–Crippen MR) is 237 cm³/mol. The van der Waals surface area contributed by atoms with Gasteiger partial charge < -0.3 is 34.6 Å². The van der Waals surface area contributed by atoms with E-state index in [1.165, 1.54) is 50.6 Å². The van der Waals surface area contributed by atoms with Crippen molar-refractivity contribution in [1.82, 2.24) is 40.1 Å². The van der Waals surface area contributed by atoms with Crippen LogP contribution in [0.25, 0.3) is 0 Å². The van der Waals surface area contributed by atoms with Crippen LogP contribution >= 0.6 is 0 Å². The van der Waals surface area contributed by atoms with E-state index in [1.54, 1.807) is 10.0 Å². The van der Waals surface area contributed by atoms with E-state index in [-0.39, 0.29) is 47.0 Å². The lowest BCUT2D eigenvalue weighted by Gasteiger charge is -2.38. The molecule has 0 spiro atoms. The van der Waals surface area contributed by atoms with Crippen molar-refractivity contribution >= 4 is 20.0 Å². The third-order valence-electron chi connectivity index (χ3n) is 11.3. The van der Waals surface area contributed by atoms with Gasteiger partial charge in [-0.2, -0.15) is 0 Å². The Bertz CT molecular complexity index is 2100. The van der Waals surface area contributed by atoms with E-state index in [4.69, 9.17) is 9.47 Å². The summed E-state index contributed by atoms with van der Waals surface area (Å²) in [6, 6.07) is 25.0. The molecule has 0 aliphatic carbocycles. The minimum Gasteiger partial charge on any atom is -0.504 e. The number of aromatic hydroxyl groups is 2. The van der Waals surface area contributed by atoms with Crippen molar-refractivity contribution in [2.24, 2.45) is 0 Å². The minimum atomic E-state index is -4.33. The smallest absolute Gasteiger partial charge is 0.244 e. The summed E-state index contributed by atoms with van der Waals surface area (Å²) in [5.41, 5.74) is 2.01. The van der Waals surface area contributed by atoms with Gasteiger partial charge in [-0.25, -0.2) is 26.9 Å². The van der Waals surface area contributed by atoms with Crippen LogP contribution < -0.4 is 29.8 Å². The molecule has 0 amide bonds. The third kappa shape index (κ3) is 12.4. The lowest BCUT2D eigenvalue weighted by atomic mass is 9.92. The van der Waals surface area contributed by atoms with Gasteiger partial charge in [0.25, 0.3) is 0 Å². The molecule has 2 saturated heterocycles. The lowest BCUT2D eigenvalue weighted by Crippen LogP contribution is -2.59. The monoisotopic (exact) mass is 896 g/mol. The molecular weight excluding hydrogens is 837 g/mol. The molecular formula is C43H60N8O9S2. The Morgan fingerprint density at radius 2 is 0.919 bits per heavy atom. The number of hydrogen-bond acceptors (Lipinski definition) is 15. The van der Waals surface area contributed by atoms with Gasteiger partial charge in [0.2, 0.25) is 20.0 Å². The SMILES string of the molecule is COc1cc(C(NC(Cc2ccccc2)C(O)C(Cc2ccccc2)NC(c2ccc(O)c(OC)c2)S(=O)(=O)NN2CCN(C)CC2)S(=O)(=O)NN2CCN(C)CC2)ccc1O. The summed E-state index contributed by atoms with van der Waals surface area (Å²) in [5.74, 6) is -0.261. The van der Waals surface area contributed by atoms with Gasteiger partial charge in [0.1, 0.15) is 0 Å². The first-order chi connectivity index (χ1) is 29.6. The van der Waals surface area contributed by atoms with Crippen LogP contribution in [-0.2, 0) is 32.9 Å². The summed E-state index contributed by atoms with van der Waals surface area (Å²) in [6.45, 7) is 4.27.